The van der Waals surface area contributed by atoms with E-state index >= 15 is 0 Å². The smallest absolute Gasteiger partial charge is 0.271 e. The molecule has 8 nitrogen and oxygen atoms in total. The number of hydrogen-bond donors (Lipinski definition) is 1. The van der Waals surface area contributed by atoms with Crippen LogP contribution in [0.5, 0.6) is 0 Å². The molecule has 0 aliphatic carbocycles. The lowest BCUT2D eigenvalue weighted by Gasteiger charge is -2.32. The highest BCUT2D eigenvalue weighted by molar-refractivity contribution is 7.92. The van der Waals surface area contributed by atoms with E-state index in [-0.39, 0.29) is 29.8 Å². The lowest BCUT2D eigenvalue weighted by Crippen LogP contribution is -2.52. The third kappa shape index (κ3) is 5.17. The number of non-ortho nitro benzene ring substituents is 1. The molecule has 0 aromatic heterocycles. The van der Waals surface area contributed by atoms with Crippen LogP contribution in [0.4, 0.5) is 11.4 Å². The number of sulfonamides is 1. The lowest BCUT2D eigenvalue weighted by atomic mass is 10.1. The van der Waals surface area contributed by atoms with Crippen molar-refractivity contribution < 1.29 is 18.1 Å². The quantitative estimate of drug-likeness (QED) is 0.546. The summed E-state index contributed by atoms with van der Waals surface area (Å²) in [4.78, 5) is 23.2. The third-order valence-electron chi connectivity index (χ3n) is 4.34. The van der Waals surface area contributed by atoms with Gasteiger partial charge in [0.15, 0.2) is 0 Å². The zero-order valence-corrected chi connectivity index (χ0v) is 16.8. The lowest BCUT2D eigenvalue weighted by molar-refractivity contribution is -0.384. The molecule has 2 atom stereocenters. The molecule has 0 unspecified atom stereocenters. The van der Waals surface area contributed by atoms with E-state index in [1.54, 1.807) is 13.8 Å². The number of rotatable bonds is 8. The number of nitrogens with zero attached hydrogens (tertiary/aromatic N) is 2. The minimum Gasteiger partial charge on any atom is -0.352 e. The number of carbonyl (C=O) groups excluding carboxylic acids is 1. The molecule has 1 aromatic rings. The van der Waals surface area contributed by atoms with Crippen LogP contribution in [-0.4, -0.2) is 37.6 Å². The highest BCUT2D eigenvalue weighted by Gasteiger charge is 2.34. The molecule has 0 bridgehead atoms. The van der Waals surface area contributed by atoms with E-state index in [1.807, 2.05) is 20.8 Å². The van der Waals surface area contributed by atoms with Crippen LogP contribution in [0.25, 0.3) is 0 Å². The molecule has 26 heavy (non-hydrogen) atoms. The first-order chi connectivity index (χ1) is 11.9. The van der Waals surface area contributed by atoms with Gasteiger partial charge in [-0.2, -0.15) is 0 Å². The predicted molar refractivity (Wildman–Crippen MR) is 102 cm³/mol. The van der Waals surface area contributed by atoms with Crippen molar-refractivity contribution >= 4 is 27.3 Å². The third-order valence-corrected chi connectivity index (χ3v) is 5.51. The molecular formula is C17H27N3O5S. The van der Waals surface area contributed by atoms with Crippen LogP contribution in [0.15, 0.2) is 18.2 Å². The molecule has 146 valence electrons. The molecule has 0 saturated heterocycles. The summed E-state index contributed by atoms with van der Waals surface area (Å²) in [6.07, 6.45) is 1.22. The van der Waals surface area contributed by atoms with Crippen molar-refractivity contribution in [1.82, 2.24) is 5.32 Å². The van der Waals surface area contributed by atoms with E-state index in [2.05, 4.69) is 5.32 Å². The second kappa shape index (κ2) is 8.48. The van der Waals surface area contributed by atoms with E-state index in [4.69, 9.17) is 0 Å². The molecule has 1 N–H and O–H groups in total. The monoisotopic (exact) mass is 385 g/mol. The maximum atomic E-state index is 12.7. The van der Waals surface area contributed by atoms with Crippen LogP contribution < -0.4 is 9.62 Å². The number of anilines is 1. The number of nitro benzene ring substituents is 1. The summed E-state index contributed by atoms with van der Waals surface area (Å²) in [5, 5.41) is 13.9. The Morgan fingerprint density at radius 2 is 1.88 bits per heavy atom. The fourth-order valence-electron chi connectivity index (χ4n) is 2.47. The molecule has 0 radical (unpaired) electrons. The topological polar surface area (TPSA) is 110 Å². The van der Waals surface area contributed by atoms with Crippen LogP contribution in [-0.2, 0) is 14.8 Å². The number of amides is 1. The van der Waals surface area contributed by atoms with Crippen LogP contribution in [0, 0.1) is 23.0 Å². The van der Waals surface area contributed by atoms with Gasteiger partial charge in [-0.3, -0.25) is 19.2 Å². The van der Waals surface area contributed by atoms with Crippen molar-refractivity contribution in [2.75, 3.05) is 10.6 Å². The highest BCUT2D eigenvalue weighted by Crippen LogP contribution is 2.30. The van der Waals surface area contributed by atoms with Crippen LogP contribution in [0.3, 0.4) is 0 Å². The van der Waals surface area contributed by atoms with Crippen molar-refractivity contribution in [2.24, 2.45) is 5.92 Å². The first kappa shape index (κ1) is 21.9. The van der Waals surface area contributed by atoms with Crippen LogP contribution >= 0.6 is 0 Å². The molecular weight excluding hydrogens is 358 g/mol. The van der Waals surface area contributed by atoms with Gasteiger partial charge in [0.05, 0.1) is 16.9 Å². The number of benzene rings is 1. The van der Waals surface area contributed by atoms with E-state index in [0.717, 1.165) is 10.6 Å². The number of carbonyl (C=O) groups is 1. The van der Waals surface area contributed by atoms with Crippen LogP contribution in [0.2, 0.25) is 0 Å². The predicted octanol–water partition coefficient (Wildman–Crippen LogP) is 2.61. The fourth-order valence-corrected chi connectivity index (χ4v) is 3.73. The summed E-state index contributed by atoms with van der Waals surface area (Å²) in [6, 6.07) is 2.85. The number of nitrogens with one attached hydrogen (secondary N) is 1. The van der Waals surface area contributed by atoms with Crippen molar-refractivity contribution in [3.63, 3.8) is 0 Å². The molecule has 1 rings (SSSR count). The molecule has 0 saturated carbocycles. The summed E-state index contributed by atoms with van der Waals surface area (Å²) in [5.74, 6) is -0.243. The standard InChI is InChI=1S/C17H27N3O5S/c1-7-15(17(21)18-13(5)11(2)3)19(26(6,24)25)16-10-14(20(22)23)9-8-12(16)4/h8-11,13,15H,7H2,1-6H3,(H,18,21)/t13-,15-/m1/s1. The maximum Gasteiger partial charge on any atom is 0.271 e. The van der Waals surface area contributed by atoms with Crippen molar-refractivity contribution in [2.45, 2.75) is 53.1 Å². The van der Waals surface area contributed by atoms with Crippen LogP contribution in [0.1, 0.15) is 39.7 Å². The summed E-state index contributed by atoms with van der Waals surface area (Å²) in [6.45, 7) is 9.10. The van der Waals surface area contributed by atoms with Gasteiger partial charge in [0.25, 0.3) is 5.69 Å². The Morgan fingerprint density at radius 3 is 2.31 bits per heavy atom. The van der Waals surface area contributed by atoms with Gasteiger partial charge in [0.1, 0.15) is 6.04 Å². The van der Waals surface area contributed by atoms with Gasteiger partial charge in [-0.05, 0) is 31.7 Å². The molecule has 0 spiro atoms. The summed E-state index contributed by atoms with van der Waals surface area (Å²) < 4.78 is 25.9. The zero-order chi connectivity index (χ0) is 20.2. The van der Waals surface area contributed by atoms with Gasteiger partial charge in [-0.25, -0.2) is 8.42 Å². The normalized spacial score (nSPS) is 14.0. The fraction of sp³-hybridized carbons (Fsp3) is 0.588. The number of hydrogen-bond acceptors (Lipinski definition) is 5. The Morgan fingerprint density at radius 1 is 1.31 bits per heavy atom. The Bertz CT molecular complexity index is 777. The van der Waals surface area contributed by atoms with Crippen molar-refractivity contribution in [3.8, 4) is 0 Å². The SMILES string of the molecule is CC[C@H](C(=O)N[C@H](C)C(C)C)N(c1cc([N+](=O)[O-])ccc1C)S(C)(=O)=O. The van der Waals surface area contributed by atoms with Gasteiger partial charge in [0.2, 0.25) is 15.9 Å². The zero-order valence-electron chi connectivity index (χ0n) is 16.0. The van der Waals surface area contributed by atoms with Gasteiger partial charge in [-0.15, -0.1) is 0 Å². The van der Waals surface area contributed by atoms with Gasteiger partial charge < -0.3 is 5.32 Å². The van der Waals surface area contributed by atoms with Gasteiger partial charge in [-0.1, -0.05) is 26.8 Å². The van der Waals surface area contributed by atoms with Gasteiger partial charge in [0, 0.05) is 18.2 Å². The number of nitro groups is 1. The average Bonchev–Trinajstić information content (AvgIpc) is 2.51. The minimum atomic E-state index is -3.85. The van der Waals surface area contributed by atoms with Gasteiger partial charge >= 0.3 is 0 Å². The highest BCUT2D eigenvalue weighted by atomic mass is 32.2. The van der Waals surface area contributed by atoms with Crippen molar-refractivity contribution in [3.05, 3.63) is 33.9 Å². The average molecular weight is 385 g/mol. The number of aryl methyl sites for hydroxylation is 1. The van der Waals surface area contributed by atoms with E-state index in [9.17, 15) is 23.3 Å². The van der Waals surface area contributed by atoms with Crippen molar-refractivity contribution in [1.29, 1.82) is 0 Å². The molecule has 9 heteroatoms. The summed E-state index contributed by atoms with van der Waals surface area (Å²) in [5.41, 5.74) is 0.440. The summed E-state index contributed by atoms with van der Waals surface area (Å²) >= 11 is 0. The Hall–Kier alpha value is -2.16. The Kier molecular flexibility index (Phi) is 7.14. The van der Waals surface area contributed by atoms with E-state index in [0.29, 0.717) is 5.56 Å². The molecule has 0 fully saturated rings. The molecule has 0 aliphatic rings. The first-order valence-electron chi connectivity index (χ1n) is 8.44. The molecule has 0 heterocycles. The minimum absolute atomic E-state index is 0.135. The second-order valence-corrected chi connectivity index (χ2v) is 8.61. The Balaban J connectivity index is 3.44. The molecule has 1 amide bonds. The Labute approximate surface area is 154 Å². The van der Waals surface area contributed by atoms with E-state index in [1.165, 1.54) is 18.2 Å². The molecule has 1 aromatic carbocycles. The second-order valence-electron chi connectivity index (χ2n) is 6.75. The molecule has 0 aliphatic heterocycles. The summed E-state index contributed by atoms with van der Waals surface area (Å²) in [7, 11) is -3.85. The van der Waals surface area contributed by atoms with E-state index < -0.39 is 26.9 Å². The largest absolute Gasteiger partial charge is 0.352 e. The maximum absolute atomic E-state index is 12.7. The first-order valence-corrected chi connectivity index (χ1v) is 10.3.